The Morgan fingerprint density at radius 2 is 1.85 bits per heavy atom. The summed E-state index contributed by atoms with van der Waals surface area (Å²) < 4.78 is 31.2. The Morgan fingerprint density at radius 3 is 2.30 bits per heavy atom. The van der Waals surface area contributed by atoms with Crippen LogP contribution in [-0.2, 0) is 10.0 Å². The number of carbonyl (C=O) groups excluding carboxylic acids is 1. The lowest BCUT2D eigenvalue weighted by Crippen LogP contribution is -2.51. The Kier molecular flexibility index (Phi) is 4.55. The van der Waals surface area contributed by atoms with Crippen LogP contribution in [0.3, 0.4) is 0 Å². The van der Waals surface area contributed by atoms with Crippen molar-refractivity contribution in [2.24, 2.45) is 0 Å². The number of nitrogens with zero attached hydrogens (tertiary/aromatic N) is 2. The van der Waals surface area contributed by atoms with Crippen molar-refractivity contribution in [3.63, 3.8) is 0 Å². The first-order valence-electron chi connectivity index (χ1n) is 6.36. The zero-order valence-electron chi connectivity index (χ0n) is 11.4. The molecule has 0 bridgehead atoms. The number of sulfonamides is 1. The Labute approximate surface area is 126 Å². The molecule has 1 aromatic rings. The summed E-state index contributed by atoms with van der Waals surface area (Å²) in [5.74, 6) is 0.0503. The van der Waals surface area contributed by atoms with Crippen LogP contribution >= 0.6 is 15.9 Å². The van der Waals surface area contributed by atoms with E-state index in [4.69, 9.17) is 4.42 Å². The number of rotatable bonds is 3. The molecule has 0 aliphatic carbocycles. The lowest BCUT2D eigenvalue weighted by molar-refractivity contribution is 0.0664. The molecule has 0 unspecified atom stereocenters. The fraction of sp³-hybridized carbons (Fsp3) is 0.583. The third kappa shape index (κ3) is 3.07. The summed E-state index contributed by atoms with van der Waals surface area (Å²) >= 11 is 3.15. The van der Waals surface area contributed by atoms with Crippen molar-refractivity contribution >= 4 is 31.9 Å². The molecule has 1 fully saturated rings. The predicted octanol–water partition coefficient (Wildman–Crippen LogP) is 1.54. The molecular formula is C12H17BrN2O4S. The zero-order valence-corrected chi connectivity index (χ0v) is 13.8. The lowest BCUT2D eigenvalue weighted by Gasteiger charge is -2.34. The highest BCUT2D eigenvalue weighted by Crippen LogP contribution is 2.18. The van der Waals surface area contributed by atoms with E-state index in [9.17, 15) is 13.2 Å². The summed E-state index contributed by atoms with van der Waals surface area (Å²) in [6.45, 7) is 4.73. The molecule has 1 amide bonds. The minimum absolute atomic E-state index is 0.211. The van der Waals surface area contributed by atoms with E-state index in [2.05, 4.69) is 15.9 Å². The van der Waals surface area contributed by atoms with Gasteiger partial charge in [-0.15, -0.1) is 0 Å². The van der Waals surface area contributed by atoms with Crippen molar-refractivity contribution < 1.29 is 17.6 Å². The molecule has 2 rings (SSSR count). The molecular weight excluding hydrogens is 348 g/mol. The van der Waals surface area contributed by atoms with Crippen molar-refractivity contribution in [2.75, 3.05) is 26.2 Å². The largest absolute Gasteiger partial charge is 0.444 e. The molecule has 1 saturated heterocycles. The van der Waals surface area contributed by atoms with Gasteiger partial charge in [-0.25, -0.2) is 8.42 Å². The van der Waals surface area contributed by atoms with Crippen LogP contribution in [0.15, 0.2) is 21.2 Å². The van der Waals surface area contributed by atoms with E-state index >= 15 is 0 Å². The SMILES string of the molecule is CC(C)S(=O)(=O)N1CCN(C(=O)c2ccc(Br)o2)CC1. The van der Waals surface area contributed by atoms with Gasteiger partial charge in [-0.2, -0.15) is 4.31 Å². The number of halogens is 1. The Hall–Kier alpha value is -0.860. The van der Waals surface area contributed by atoms with Gasteiger partial charge < -0.3 is 9.32 Å². The maximum atomic E-state index is 12.1. The van der Waals surface area contributed by atoms with Gasteiger partial charge in [-0.05, 0) is 41.9 Å². The second kappa shape index (κ2) is 5.87. The molecule has 0 radical (unpaired) electrons. The van der Waals surface area contributed by atoms with Gasteiger partial charge in [0.15, 0.2) is 10.4 Å². The summed E-state index contributed by atoms with van der Waals surface area (Å²) in [5, 5.41) is -0.439. The van der Waals surface area contributed by atoms with Crippen molar-refractivity contribution in [2.45, 2.75) is 19.1 Å². The molecule has 112 valence electrons. The molecule has 1 aliphatic rings. The van der Waals surface area contributed by atoms with Crippen LogP contribution in [0.4, 0.5) is 0 Å². The zero-order chi connectivity index (χ0) is 14.9. The molecule has 20 heavy (non-hydrogen) atoms. The Morgan fingerprint density at radius 1 is 1.25 bits per heavy atom. The third-order valence-electron chi connectivity index (χ3n) is 3.27. The van der Waals surface area contributed by atoms with E-state index in [1.807, 2.05) is 0 Å². The van der Waals surface area contributed by atoms with Crippen molar-refractivity contribution in [3.05, 3.63) is 22.6 Å². The topological polar surface area (TPSA) is 70.8 Å². The second-order valence-corrected chi connectivity index (χ2v) is 8.16. The second-order valence-electron chi connectivity index (χ2n) is 4.89. The highest BCUT2D eigenvalue weighted by molar-refractivity contribution is 9.10. The highest BCUT2D eigenvalue weighted by atomic mass is 79.9. The standard InChI is InChI=1S/C12H17BrN2O4S/c1-9(2)20(17,18)15-7-5-14(6-8-15)12(16)10-3-4-11(13)19-10/h3-4,9H,5-8H2,1-2H3. The van der Waals surface area contributed by atoms with Crippen molar-refractivity contribution in [3.8, 4) is 0 Å². The molecule has 0 atom stereocenters. The number of piperazine rings is 1. The molecule has 6 nitrogen and oxygen atoms in total. The Bertz CT molecular complexity index is 588. The summed E-state index contributed by atoms with van der Waals surface area (Å²) in [4.78, 5) is 13.8. The highest BCUT2D eigenvalue weighted by Gasteiger charge is 2.31. The van der Waals surface area contributed by atoms with Crippen LogP contribution in [0.5, 0.6) is 0 Å². The quantitative estimate of drug-likeness (QED) is 0.815. The van der Waals surface area contributed by atoms with Gasteiger partial charge in [0.05, 0.1) is 5.25 Å². The number of hydrogen-bond donors (Lipinski definition) is 0. The number of hydrogen-bond acceptors (Lipinski definition) is 4. The van der Waals surface area contributed by atoms with E-state index in [-0.39, 0.29) is 11.7 Å². The van der Waals surface area contributed by atoms with Crippen LogP contribution in [0, 0.1) is 0 Å². The first kappa shape index (κ1) is 15.5. The maximum Gasteiger partial charge on any atom is 0.289 e. The summed E-state index contributed by atoms with van der Waals surface area (Å²) in [5.41, 5.74) is 0. The fourth-order valence-electron chi connectivity index (χ4n) is 2.03. The summed E-state index contributed by atoms with van der Waals surface area (Å²) in [6, 6.07) is 3.26. The van der Waals surface area contributed by atoms with Gasteiger partial charge in [0, 0.05) is 26.2 Å². The molecule has 0 N–H and O–H groups in total. The van der Waals surface area contributed by atoms with Crippen molar-refractivity contribution in [1.29, 1.82) is 0 Å². The van der Waals surface area contributed by atoms with Crippen molar-refractivity contribution in [1.82, 2.24) is 9.21 Å². The monoisotopic (exact) mass is 364 g/mol. The molecule has 0 saturated carbocycles. The van der Waals surface area contributed by atoms with E-state index in [0.29, 0.717) is 30.8 Å². The van der Waals surface area contributed by atoms with Gasteiger partial charge in [0.2, 0.25) is 10.0 Å². The molecule has 0 aromatic carbocycles. The first-order valence-corrected chi connectivity index (χ1v) is 8.65. The number of carbonyl (C=O) groups is 1. The molecule has 1 aromatic heterocycles. The maximum absolute atomic E-state index is 12.1. The van der Waals surface area contributed by atoms with E-state index in [1.54, 1.807) is 30.9 Å². The smallest absolute Gasteiger partial charge is 0.289 e. The first-order chi connectivity index (χ1) is 9.32. The minimum Gasteiger partial charge on any atom is -0.444 e. The van der Waals surface area contributed by atoms with Crippen LogP contribution < -0.4 is 0 Å². The van der Waals surface area contributed by atoms with Crippen LogP contribution in [0.25, 0.3) is 0 Å². The van der Waals surface area contributed by atoms with Crippen LogP contribution in [0.1, 0.15) is 24.4 Å². The van der Waals surface area contributed by atoms with Crippen LogP contribution in [0.2, 0.25) is 0 Å². The van der Waals surface area contributed by atoms with E-state index in [0.717, 1.165) is 0 Å². The average Bonchev–Trinajstić information content (AvgIpc) is 2.84. The average molecular weight is 365 g/mol. The molecule has 2 heterocycles. The summed E-state index contributed by atoms with van der Waals surface area (Å²) in [6.07, 6.45) is 0. The van der Waals surface area contributed by atoms with Gasteiger partial charge in [0.25, 0.3) is 5.91 Å². The minimum atomic E-state index is -3.25. The Balaban J connectivity index is 2.00. The van der Waals surface area contributed by atoms with Gasteiger partial charge in [0.1, 0.15) is 0 Å². The van der Waals surface area contributed by atoms with Gasteiger partial charge in [-0.3, -0.25) is 4.79 Å². The lowest BCUT2D eigenvalue weighted by atomic mass is 10.3. The van der Waals surface area contributed by atoms with Gasteiger partial charge >= 0.3 is 0 Å². The molecule has 0 spiro atoms. The molecule has 8 heteroatoms. The normalized spacial score (nSPS) is 17.7. The molecule has 1 aliphatic heterocycles. The third-order valence-corrected chi connectivity index (χ3v) is 5.97. The van der Waals surface area contributed by atoms with Gasteiger partial charge in [-0.1, -0.05) is 0 Å². The fourth-order valence-corrected chi connectivity index (χ4v) is 3.60. The predicted molar refractivity (Wildman–Crippen MR) is 77.9 cm³/mol. The van der Waals surface area contributed by atoms with E-state index < -0.39 is 15.3 Å². The van der Waals surface area contributed by atoms with E-state index in [1.165, 1.54) is 4.31 Å². The number of furan rings is 1. The number of amides is 1. The summed E-state index contributed by atoms with van der Waals surface area (Å²) in [7, 11) is -3.25. The van der Waals surface area contributed by atoms with Crippen LogP contribution in [-0.4, -0.2) is 55.0 Å².